The maximum Gasteiger partial charge on any atom is 0.119 e. The molecule has 0 saturated heterocycles. The summed E-state index contributed by atoms with van der Waals surface area (Å²) in [7, 11) is 1.67. The molecule has 0 fully saturated rings. The Morgan fingerprint density at radius 1 is 0.625 bits per heavy atom. The first kappa shape index (κ1) is 29.9. The van der Waals surface area contributed by atoms with Crippen LogP contribution in [0.25, 0.3) is 0 Å². The van der Waals surface area contributed by atoms with Gasteiger partial charge < -0.3 is 23.7 Å². The van der Waals surface area contributed by atoms with Crippen molar-refractivity contribution in [3.63, 3.8) is 0 Å². The number of benzene rings is 2. The van der Waals surface area contributed by atoms with Gasteiger partial charge in [-0.3, -0.25) is 0 Å². The van der Waals surface area contributed by atoms with Crippen molar-refractivity contribution in [2.24, 2.45) is 0 Å². The van der Waals surface area contributed by atoms with Gasteiger partial charge in [0.05, 0.1) is 13.2 Å². The van der Waals surface area contributed by atoms with E-state index in [2.05, 4.69) is 6.92 Å². The van der Waals surface area contributed by atoms with Gasteiger partial charge in [0.2, 0.25) is 0 Å². The molecule has 5 heteroatoms. The molecule has 5 nitrogen and oxygen atoms in total. The Kier molecular flexibility index (Phi) is 18.3. The largest absolute Gasteiger partial charge is 0.491 e. The van der Waals surface area contributed by atoms with Gasteiger partial charge in [0.1, 0.15) is 36.9 Å². The molecule has 2 aromatic carbocycles. The predicted octanol–water partition coefficient (Wildman–Crippen LogP) is 6.41. The summed E-state index contributed by atoms with van der Waals surface area (Å²) in [4.78, 5) is 0. The van der Waals surface area contributed by atoms with E-state index < -0.39 is 0 Å². The van der Waals surface area contributed by atoms with E-state index in [4.69, 9.17) is 23.7 Å². The van der Waals surface area contributed by atoms with Gasteiger partial charge in [0.15, 0.2) is 0 Å². The number of hydrogen-bond donors (Lipinski definition) is 0. The Hall–Kier alpha value is -2.08. The lowest BCUT2D eigenvalue weighted by molar-refractivity contribution is -0.0854. The standard InChI is InChI=1S/C25H36O5.2CH4/c1-3-4-5-12-17-27-25(20-29-23-15-10-7-11-16-23)21-30-24(18-26-2)19-28-22-13-8-6-9-14-22;;/h6-11,13-16,24-25H,3-5,12,17-21H2,1-2H3;2*1H4. The van der Waals surface area contributed by atoms with Gasteiger partial charge in [0.25, 0.3) is 0 Å². The zero-order valence-electron chi connectivity index (χ0n) is 18.3. The molecule has 182 valence electrons. The Balaban J connectivity index is 0.00000480. The summed E-state index contributed by atoms with van der Waals surface area (Å²) in [5, 5.41) is 0. The van der Waals surface area contributed by atoms with Gasteiger partial charge in [-0.15, -0.1) is 0 Å². The molecular weight excluding hydrogens is 404 g/mol. The summed E-state index contributed by atoms with van der Waals surface area (Å²) >= 11 is 0. The molecule has 0 aromatic heterocycles. The van der Waals surface area contributed by atoms with Gasteiger partial charge in [0, 0.05) is 13.7 Å². The van der Waals surface area contributed by atoms with E-state index in [9.17, 15) is 0 Å². The van der Waals surface area contributed by atoms with E-state index in [1.165, 1.54) is 19.3 Å². The smallest absolute Gasteiger partial charge is 0.119 e. The molecule has 2 atom stereocenters. The number of unbranched alkanes of at least 4 members (excludes halogenated alkanes) is 3. The van der Waals surface area contributed by atoms with Crippen LogP contribution in [0.5, 0.6) is 11.5 Å². The zero-order valence-corrected chi connectivity index (χ0v) is 18.3. The topological polar surface area (TPSA) is 46.2 Å². The first-order chi connectivity index (χ1) is 14.8. The third-order valence-corrected chi connectivity index (χ3v) is 4.58. The summed E-state index contributed by atoms with van der Waals surface area (Å²) in [5.74, 6) is 1.65. The van der Waals surface area contributed by atoms with E-state index in [0.29, 0.717) is 33.0 Å². The van der Waals surface area contributed by atoms with Crippen molar-refractivity contribution in [1.82, 2.24) is 0 Å². The van der Waals surface area contributed by atoms with E-state index in [1.807, 2.05) is 60.7 Å². The highest BCUT2D eigenvalue weighted by atomic mass is 16.6. The van der Waals surface area contributed by atoms with Crippen molar-refractivity contribution in [2.75, 3.05) is 40.1 Å². The van der Waals surface area contributed by atoms with E-state index >= 15 is 0 Å². The second-order valence-corrected chi connectivity index (χ2v) is 7.21. The van der Waals surface area contributed by atoms with E-state index in [1.54, 1.807) is 7.11 Å². The molecule has 32 heavy (non-hydrogen) atoms. The number of ether oxygens (including phenoxy) is 5. The zero-order chi connectivity index (χ0) is 21.3. The maximum atomic E-state index is 6.08. The van der Waals surface area contributed by atoms with Crippen molar-refractivity contribution in [1.29, 1.82) is 0 Å². The van der Waals surface area contributed by atoms with Crippen LogP contribution in [-0.2, 0) is 14.2 Å². The van der Waals surface area contributed by atoms with Gasteiger partial charge in [-0.25, -0.2) is 0 Å². The lowest BCUT2D eigenvalue weighted by Crippen LogP contribution is -2.34. The van der Waals surface area contributed by atoms with Crippen LogP contribution in [0.15, 0.2) is 60.7 Å². The average Bonchev–Trinajstić information content (AvgIpc) is 2.79. The number of para-hydroxylation sites is 2. The summed E-state index contributed by atoms with van der Waals surface area (Å²) in [6.07, 6.45) is 4.34. The molecule has 0 spiro atoms. The maximum absolute atomic E-state index is 6.08. The van der Waals surface area contributed by atoms with Gasteiger partial charge in [-0.05, 0) is 30.7 Å². The van der Waals surface area contributed by atoms with Crippen LogP contribution in [0, 0.1) is 0 Å². The normalized spacial score (nSPS) is 12.2. The summed E-state index contributed by atoms with van der Waals surface area (Å²) in [5.41, 5.74) is 0. The second-order valence-electron chi connectivity index (χ2n) is 7.21. The first-order valence-corrected chi connectivity index (χ1v) is 10.9. The van der Waals surface area contributed by atoms with Gasteiger partial charge >= 0.3 is 0 Å². The Morgan fingerprint density at radius 3 is 1.66 bits per heavy atom. The SMILES string of the molecule is C.C.CCCCCCOC(COc1ccccc1)COC(COC)COc1ccccc1. The monoisotopic (exact) mass is 448 g/mol. The molecule has 0 aliphatic carbocycles. The molecule has 0 aliphatic heterocycles. The highest BCUT2D eigenvalue weighted by Crippen LogP contribution is 2.12. The minimum atomic E-state index is -0.182. The van der Waals surface area contributed by atoms with E-state index in [0.717, 1.165) is 17.9 Å². The van der Waals surface area contributed by atoms with Crippen LogP contribution in [0.4, 0.5) is 0 Å². The fourth-order valence-electron chi connectivity index (χ4n) is 2.91. The van der Waals surface area contributed by atoms with Crippen LogP contribution in [-0.4, -0.2) is 52.4 Å². The Bertz CT molecular complexity index is 635. The fraction of sp³-hybridized carbons (Fsp3) is 0.556. The van der Waals surface area contributed by atoms with Crippen LogP contribution in [0.1, 0.15) is 47.5 Å². The van der Waals surface area contributed by atoms with Crippen molar-refractivity contribution in [3.8, 4) is 11.5 Å². The number of rotatable bonds is 17. The molecule has 0 heterocycles. The number of methoxy groups -OCH3 is 1. The highest BCUT2D eigenvalue weighted by Gasteiger charge is 2.16. The molecule has 2 aromatic rings. The Morgan fingerprint density at radius 2 is 1.16 bits per heavy atom. The molecule has 0 amide bonds. The van der Waals surface area contributed by atoms with E-state index in [-0.39, 0.29) is 27.1 Å². The van der Waals surface area contributed by atoms with Crippen LogP contribution in [0.2, 0.25) is 0 Å². The van der Waals surface area contributed by atoms with Crippen molar-refractivity contribution < 1.29 is 23.7 Å². The van der Waals surface area contributed by atoms with Gasteiger partial charge in [-0.2, -0.15) is 0 Å². The van der Waals surface area contributed by atoms with Crippen LogP contribution < -0.4 is 9.47 Å². The fourth-order valence-corrected chi connectivity index (χ4v) is 2.91. The number of hydrogen-bond acceptors (Lipinski definition) is 5. The lowest BCUT2D eigenvalue weighted by atomic mass is 10.2. The molecule has 2 unspecified atom stereocenters. The summed E-state index contributed by atoms with van der Waals surface area (Å²) in [6, 6.07) is 19.5. The minimum Gasteiger partial charge on any atom is -0.491 e. The molecule has 0 bridgehead atoms. The summed E-state index contributed by atoms with van der Waals surface area (Å²) < 4.78 is 29.2. The molecule has 2 rings (SSSR count). The minimum absolute atomic E-state index is 0. The molecule has 0 N–H and O–H groups in total. The summed E-state index contributed by atoms with van der Waals surface area (Å²) in [6.45, 7) is 4.65. The third kappa shape index (κ3) is 13.4. The third-order valence-electron chi connectivity index (χ3n) is 4.58. The lowest BCUT2D eigenvalue weighted by Gasteiger charge is -2.23. The Labute approximate surface area is 196 Å². The van der Waals surface area contributed by atoms with Crippen LogP contribution >= 0.6 is 0 Å². The second kappa shape index (κ2) is 19.6. The van der Waals surface area contributed by atoms with Crippen molar-refractivity contribution >= 4 is 0 Å². The highest BCUT2D eigenvalue weighted by molar-refractivity contribution is 5.21. The first-order valence-electron chi connectivity index (χ1n) is 10.9. The quantitative estimate of drug-likeness (QED) is 0.262. The predicted molar refractivity (Wildman–Crippen MR) is 133 cm³/mol. The molecule has 0 saturated carbocycles. The average molecular weight is 449 g/mol. The van der Waals surface area contributed by atoms with Crippen LogP contribution in [0.3, 0.4) is 0 Å². The van der Waals surface area contributed by atoms with Crippen molar-refractivity contribution in [3.05, 3.63) is 60.7 Å². The van der Waals surface area contributed by atoms with Gasteiger partial charge in [-0.1, -0.05) is 77.4 Å². The molecular formula is C27H44O5. The molecule has 0 radical (unpaired) electrons. The molecule has 0 aliphatic rings. The van der Waals surface area contributed by atoms with Crippen molar-refractivity contribution in [2.45, 2.75) is 59.7 Å².